The lowest BCUT2D eigenvalue weighted by Crippen LogP contribution is -2.25. The molecule has 9 heteroatoms. The molecule has 0 aliphatic heterocycles. The number of aryl methyl sites for hydroxylation is 1. The lowest BCUT2D eigenvalue weighted by atomic mass is 10.1. The largest absolute Gasteiger partial charge is 0.351 e. The van der Waals surface area contributed by atoms with Crippen molar-refractivity contribution in [1.29, 1.82) is 0 Å². The van der Waals surface area contributed by atoms with Crippen molar-refractivity contribution < 1.29 is 13.2 Å². The first-order chi connectivity index (χ1) is 9.97. The molecule has 1 heterocycles. The van der Waals surface area contributed by atoms with E-state index in [-0.39, 0.29) is 16.5 Å². The Balaban J connectivity index is 1.78. The molecule has 0 saturated carbocycles. The van der Waals surface area contributed by atoms with Gasteiger partial charge in [0.2, 0.25) is 10.0 Å². The Bertz CT molecular complexity index is 695. The van der Waals surface area contributed by atoms with Crippen LogP contribution in [0.3, 0.4) is 0 Å². The van der Waals surface area contributed by atoms with Crippen molar-refractivity contribution >= 4 is 15.9 Å². The Morgan fingerprint density at radius 2 is 2.00 bits per heavy atom. The van der Waals surface area contributed by atoms with E-state index in [0.717, 1.165) is 12.0 Å². The summed E-state index contributed by atoms with van der Waals surface area (Å²) in [5.74, 6) is -0.284. The summed E-state index contributed by atoms with van der Waals surface area (Å²) in [5.41, 5.74) is 1.21. The number of carbonyl (C=O) groups excluding carboxylic acids is 1. The number of benzene rings is 1. The average Bonchev–Trinajstić information content (AvgIpc) is 2.97. The van der Waals surface area contributed by atoms with Crippen LogP contribution in [0, 0.1) is 0 Å². The molecule has 2 rings (SSSR count). The number of amides is 1. The van der Waals surface area contributed by atoms with E-state index < -0.39 is 10.0 Å². The van der Waals surface area contributed by atoms with Crippen LogP contribution in [0.1, 0.15) is 22.5 Å². The SMILES string of the molecule is NS(=O)(=O)c1ccc(CCCNC(=O)c2cn[nH]n2)cc1. The van der Waals surface area contributed by atoms with Gasteiger partial charge in [0.25, 0.3) is 5.91 Å². The van der Waals surface area contributed by atoms with Gasteiger partial charge in [-0.2, -0.15) is 15.4 Å². The van der Waals surface area contributed by atoms with Crippen LogP contribution in [0.2, 0.25) is 0 Å². The highest BCUT2D eigenvalue weighted by molar-refractivity contribution is 7.89. The quantitative estimate of drug-likeness (QED) is 0.637. The molecule has 0 atom stereocenters. The first kappa shape index (κ1) is 15.1. The highest BCUT2D eigenvalue weighted by Gasteiger charge is 2.08. The van der Waals surface area contributed by atoms with E-state index in [1.807, 2.05) is 0 Å². The van der Waals surface area contributed by atoms with Gasteiger partial charge in [0.05, 0.1) is 11.1 Å². The molecule has 8 nitrogen and oxygen atoms in total. The van der Waals surface area contributed by atoms with Crippen LogP contribution >= 0.6 is 0 Å². The number of nitrogens with zero attached hydrogens (tertiary/aromatic N) is 2. The van der Waals surface area contributed by atoms with Crippen molar-refractivity contribution in [1.82, 2.24) is 20.7 Å². The summed E-state index contributed by atoms with van der Waals surface area (Å²) < 4.78 is 22.2. The number of carbonyl (C=O) groups is 1. The second kappa shape index (κ2) is 6.46. The first-order valence-corrected chi connectivity index (χ1v) is 7.77. The Morgan fingerprint density at radius 1 is 1.29 bits per heavy atom. The number of nitrogens with two attached hydrogens (primary N) is 1. The lowest BCUT2D eigenvalue weighted by molar-refractivity contribution is 0.0948. The molecular formula is C12H15N5O3S. The number of sulfonamides is 1. The van der Waals surface area contributed by atoms with Crippen LogP contribution in [0.5, 0.6) is 0 Å². The van der Waals surface area contributed by atoms with Crippen molar-refractivity contribution in [2.75, 3.05) is 6.54 Å². The number of aromatic amines is 1. The van der Waals surface area contributed by atoms with E-state index in [1.54, 1.807) is 12.1 Å². The number of H-pyrrole nitrogens is 1. The number of nitrogens with one attached hydrogen (secondary N) is 2. The Labute approximate surface area is 121 Å². The summed E-state index contributed by atoms with van der Waals surface area (Å²) in [6, 6.07) is 6.36. The Kier molecular flexibility index (Phi) is 4.66. The topological polar surface area (TPSA) is 131 Å². The van der Waals surface area contributed by atoms with Crippen LogP contribution < -0.4 is 10.5 Å². The highest BCUT2D eigenvalue weighted by atomic mass is 32.2. The normalized spacial score (nSPS) is 11.3. The maximum Gasteiger partial charge on any atom is 0.273 e. The summed E-state index contributed by atoms with van der Waals surface area (Å²) in [5, 5.41) is 17.3. The van der Waals surface area contributed by atoms with Gasteiger partial charge in [-0.05, 0) is 30.5 Å². The number of hydrogen-bond acceptors (Lipinski definition) is 5. The Hall–Kier alpha value is -2.26. The zero-order valence-corrected chi connectivity index (χ0v) is 11.9. The molecule has 1 aromatic heterocycles. The molecule has 112 valence electrons. The predicted molar refractivity (Wildman–Crippen MR) is 74.9 cm³/mol. The van der Waals surface area contributed by atoms with Gasteiger partial charge in [-0.25, -0.2) is 13.6 Å². The van der Waals surface area contributed by atoms with Gasteiger partial charge >= 0.3 is 0 Å². The minimum atomic E-state index is -3.65. The molecule has 1 amide bonds. The summed E-state index contributed by atoms with van der Waals surface area (Å²) >= 11 is 0. The first-order valence-electron chi connectivity index (χ1n) is 6.22. The van der Waals surface area contributed by atoms with Crippen molar-refractivity contribution in [2.24, 2.45) is 5.14 Å². The van der Waals surface area contributed by atoms with E-state index in [0.29, 0.717) is 13.0 Å². The van der Waals surface area contributed by atoms with Gasteiger partial charge in [0, 0.05) is 6.54 Å². The van der Waals surface area contributed by atoms with Crippen LogP contribution in [-0.2, 0) is 16.4 Å². The van der Waals surface area contributed by atoms with E-state index in [4.69, 9.17) is 5.14 Å². The van der Waals surface area contributed by atoms with Crippen LogP contribution in [0.4, 0.5) is 0 Å². The monoisotopic (exact) mass is 309 g/mol. The molecule has 0 aliphatic carbocycles. The summed E-state index contributed by atoms with van der Waals surface area (Å²) in [7, 11) is -3.65. The molecule has 1 aromatic carbocycles. The molecular weight excluding hydrogens is 294 g/mol. The molecule has 0 spiro atoms. The molecule has 21 heavy (non-hydrogen) atoms. The fourth-order valence-electron chi connectivity index (χ4n) is 1.74. The maximum atomic E-state index is 11.6. The molecule has 0 bridgehead atoms. The molecule has 0 unspecified atom stereocenters. The second-order valence-electron chi connectivity index (χ2n) is 4.40. The van der Waals surface area contributed by atoms with Gasteiger partial charge < -0.3 is 5.32 Å². The molecule has 0 aliphatic rings. The zero-order chi connectivity index (χ0) is 15.3. The smallest absolute Gasteiger partial charge is 0.273 e. The maximum absolute atomic E-state index is 11.6. The fraction of sp³-hybridized carbons (Fsp3) is 0.250. The average molecular weight is 309 g/mol. The van der Waals surface area contributed by atoms with Gasteiger partial charge in [0.1, 0.15) is 0 Å². The number of rotatable bonds is 6. The molecule has 0 saturated heterocycles. The van der Waals surface area contributed by atoms with Crippen LogP contribution in [0.25, 0.3) is 0 Å². The number of primary sulfonamides is 1. The molecule has 0 radical (unpaired) electrons. The van der Waals surface area contributed by atoms with Gasteiger partial charge in [0.15, 0.2) is 5.69 Å². The van der Waals surface area contributed by atoms with Gasteiger partial charge in [-0.1, -0.05) is 12.1 Å². The zero-order valence-electron chi connectivity index (χ0n) is 11.1. The third-order valence-corrected chi connectivity index (χ3v) is 3.76. The van der Waals surface area contributed by atoms with Gasteiger partial charge in [-0.3, -0.25) is 4.79 Å². The van der Waals surface area contributed by atoms with E-state index in [2.05, 4.69) is 20.7 Å². The third kappa shape index (κ3) is 4.36. The third-order valence-electron chi connectivity index (χ3n) is 2.83. The van der Waals surface area contributed by atoms with Crippen molar-refractivity contribution in [3.05, 3.63) is 41.7 Å². The second-order valence-corrected chi connectivity index (χ2v) is 5.97. The molecule has 2 aromatic rings. The van der Waals surface area contributed by atoms with Crippen molar-refractivity contribution in [2.45, 2.75) is 17.7 Å². The summed E-state index contributed by atoms with van der Waals surface area (Å²) in [4.78, 5) is 11.6. The van der Waals surface area contributed by atoms with Gasteiger partial charge in [-0.15, -0.1) is 0 Å². The standard InChI is InChI=1S/C12H15N5O3S/c13-21(19,20)10-5-3-9(4-6-10)2-1-7-14-12(18)11-8-15-17-16-11/h3-6,8H,1-2,7H2,(H,14,18)(H2,13,19,20)(H,15,16,17). The number of aromatic nitrogens is 3. The van der Waals surface area contributed by atoms with Crippen molar-refractivity contribution in [3.8, 4) is 0 Å². The van der Waals surface area contributed by atoms with E-state index >= 15 is 0 Å². The minimum Gasteiger partial charge on any atom is -0.351 e. The number of hydrogen-bond donors (Lipinski definition) is 3. The van der Waals surface area contributed by atoms with Crippen LogP contribution in [-0.4, -0.2) is 36.3 Å². The molecule has 4 N–H and O–H groups in total. The van der Waals surface area contributed by atoms with E-state index in [1.165, 1.54) is 18.3 Å². The van der Waals surface area contributed by atoms with E-state index in [9.17, 15) is 13.2 Å². The van der Waals surface area contributed by atoms with Crippen molar-refractivity contribution in [3.63, 3.8) is 0 Å². The highest BCUT2D eigenvalue weighted by Crippen LogP contribution is 2.10. The predicted octanol–water partition coefficient (Wildman–Crippen LogP) is -0.185. The fourth-order valence-corrected chi connectivity index (χ4v) is 2.26. The lowest BCUT2D eigenvalue weighted by Gasteiger charge is -2.04. The molecule has 0 fully saturated rings. The van der Waals surface area contributed by atoms with Crippen LogP contribution in [0.15, 0.2) is 35.4 Å². The Morgan fingerprint density at radius 3 is 2.57 bits per heavy atom. The summed E-state index contributed by atoms with van der Waals surface area (Å²) in [6.45, 7) is 0.489. The summed E-state index contributed by atoms with van der Waals surface area (Å²) in [6.07, 6.45) is 2.78. The minimum absolute atomic E-state index is 0.0885.